The number of pyridine rings is 1. The lowest BCUT2D eigenvalue weighted by molar-refractivity contribution is 0.487. The number of hydrogen-bond donors (Lipinski definition) is 1. The topological polar surface area (TPSA) is 24.9 Å². The first-order chi connectivity index (χ1) is 6.71. The van der Waals surface area contributed by atoms with Crippen LogP contribution in [0.15, 0.2) is 48.3 Å². The van der Waals surface area contributed by atoms with E-state index < -0.39 is 0 Å². The lowest BCUT2D eigenvalue weighted by atomic mass is 9.94. The predicted molar refractivity (Wildman–Crippen MR) is 57.6 cm³/mol. The Hall–Kier alpha value is -1.57. The third kappa shape index (κ3) is 1.55. The van der Waals surface area contributed by atoms with Gasteiger partial charge in [-0.1, -0.05) is 18.2 Å². The molecule has 1 N–H and O–H groups in total. The molecule has 2 rings (SSSR count). The third-order valence-corrected chi connectivity index (χ3v) is 2.43. The second kappa shape index (κ2) is 3.29. The molecule has 14 heavy (non-hydrogen) atoms. The summed E-state index contributed by atoms with van der Waals surface area (Å²) in [6, 6.07) is 5.98. The Labute approximate surface area is 84.4 Å². The Morgan fingerprint density at radius 3 is 2.86 bits per heavy atom. The second-order valence-corrected chi connectivity index (χ2v) is 3.75. The Morgan fingerprint density at radius 2 is 2.21 bits per heavy atom. The van der Waals surface area contributed by atoms with Crippen molar-refractivity contribution in [3.63, 3.8) is 0 Å². The monoisotopic (exact) mass is 186 g/mol. The van der Waals surface area contributed by atoms with Gasteiger partial charge in [0, 0.05) is 11.9 Å². The highest BCUT2D eigenvalue weighted by molar-refractivity contribution is 5.30. The Kier molecular flexibility index (Phi) is 2.12. The molecule has 0 saturated carbocycles. The second-order valence-electron chi connectivity index (χ2n) is 3.75. The molecular weight excluding hydrogens is 172 g/mol. The summed E-state index contributed by atoms with van der Waals surface area (Å²) < 4.78 is 0. The van der Waals surface area contributed by atoms with Crippen molar-refractivity contribution in [3.8, 4) is 0 Å². The van der Waals surface area contributed by atoms with E-state index in [0.29, 0.717) is 0 Å². The number of dihydropyridines is 1. The van der Waals surface area contributed by atoms with Crippen molar-refractivity contribution in [1.29, 1.82) is 0 Å². The number of rotatable bonds is 1. The molecule has 1 aliphatic heterocycles. The SMILES string of the molecule is CC1=CC=CC(C)(c2ccccn2)N1. The number of nitrogens with zero attached hydrogens (tertiary/aromatic N) is 1. The van der Waals surface area contributed by atoms with Crippen molar-refractivity contribution in [2.24, 2.45) is 0 Å². The molecule has 0 bridgehead atoms. The van der Waals surface area contributed by atoms with Gasteiger partial charge in [-0.2, -0.15) is 0 Å². The normalized spacial score (nSPS) is 25.4. The highest BCUT2D eigenvalue weighted by Gasteiger charge is 2.25. The molecule has 2 nitrogen and oxygen atoms in total. The molecule has 0 fully saturated rings. The minimum Gasteiger partial charge on any atom is -0.375 e. The van der Waals surface area contributed by atoms with Crippen LogP contribution in [0.25, 0.3) is 0 Å². The van der Waals surface area contributed by atoms with Crippen LogP contribution in [0, 0.1) is 0 Å². The van der Waals surface area contributed by atoms with Gasteiger partial charge in [0.15, 0.2) is 0 Å². The van der Waals surface area contributed by atoms with E-state index in [4.69, 9.17) is 0 Å². The Balaban J connectivity index is 2.35. The van der Waals surface area contributed by atoms with Gasteiger partial charge >= 0.3 is 0 Å². The van der Waals surface area contributed by atoms with Gasteiger partial charge in [0.2, 0.25) is 0 Å². The first-order valence-electron chi connectivity index (χ1n) is 4.76. The summed E-state index contributed by atoms with van der Waals surface area (Å²) in [4.78, 5) is 4.37. The highest BCUT2D eigenvalue weighted by atomic mass is 15.0. The van der Waals surface area contributed by atoms with Crippen molar-refractivity contribution in [2.45, 2.75) is 19.4 Å². The summed E-state index contributed by atoms with van der Waals surface area (Å²) in [7, 11) is 0. The fraction of sp³-hybridized carbons (Fsp3) is 0.250. The fourth-order valence-corrected chi connectivity index (χ4v) is 1.70. The molecule has 0 aliphatic carbocycles. The predicted octanol–water partition coefficient (Wildman–Crippen LogP) is 2.36. The van der Waals surface area contributed by atoms with Crippen LogP contribution in [0.3, 0.4) is 0 Å². The summed E-state index contributed by atoms with van der Waals surface area (Å²) in [5.74, 6) is 0. The van der Waals surface area contributed by atoms with E-state index in [1.54, 1.807) is 0 Å². The third-order valence-electron chi connectivity index (χ3n) is 2.43. The van der Waals surface area contributed by atoms with Crippen LogP contribution in [-0.4, -0.2) is 4.98 Å². The van der Waals surface area contributed by atoms with E-state index in [1.807, 2.05) is 24.4 Å². The maximum atomic E-state index is 4.37. The van der Waals surface area contributed by atoms with E-state index in [-0.39, 0.29) is 5.54 Å². The smallest absolute Gasteiger partial charge is 0.0953 e. The molecule has 1 aliphatic rings. The van der Waals surface area contributed by atoms with Crippen LogP contribution >= 0.6 is 0 Å². The minimum atomic E-state index is -0.167. The molecule has 1 aromatic rings. The fourth-order valence-electron chi connectivity index (χ4n) is 1.70. The lowest BCUT2D eigenvalue weighted by Gasteiger charge is -2.30. The average molecular weight is 186 g/mol. The molecule has 0 saturated heterocycles. The van der Waals surface area contributed by atoms with Crippen LogP contribution in [0.2, 0.25) is 0 Å². The molecule has 72 valence electrons. The number of hydrogen-bond acceptors (Lipinski definition) is 2. The number of allylic oxidation sites excluding steroid dienone is 3. The molecule has 1 atom stereocenters. The zero-order valence-corrected chi connectivity index (χ0v) is 8.49. The molecule has 0 spiro atoms. The van der Waals surface area contributed by atoms with Gasteiger partial charge in [-0.05, 0) is 32.1 Å². The van der Waals surface area contributed by atoms with Gasteiger partial charge in [0.05, 0.1) is 11.2 Å². The van der Waals surface area contributed by atoms with Crippen molar-refractivity contribution < 1.29 is 0 Å². The van der Waals surface area contributed by atoms with Crippen LogP contribution in [0.5, 0.6) is 0 Å². The standard InChI is InChI=1S/C12H14N2/c1-10-6-5-8-12(2,14-10)11-7-3-4-9-13-11/h3-9,14H,1-2H3. The van der Waals surface area contributed by atoms with Crippen LogP contribution in [-0.2, 0) is 5.54 Å². The summed E-state index contributed by atoms with van der Waals surface area (Å²) >= 11 is 0. The molecule has 0 aromatic carbocycles. The molecule has 2 heteroatoms. The minimum absolute atomic E-state index is 0.167. The largest absolute Gasteiger partial charge is 0.375 e. The molecule has 0 amide bonds. The van der Waals surface area contributed by atoms with E-state index in [9.17, 15) is 0 Å². The van der Waals surface area contributed by atoms with Crippen molar-refractivity contribution in [1.82, 2.24) is 10.3 Å². The maximum Gasteiger partial charge on any atom is 0.0953 e. The van der Waals surface area contributed by atoms with Gasteiger partial charge in [-0.15, -0.1) is 0 Å². The first-order valence-corrected chi connectivity index (χ1v) is 4.76. The van der Waals surface area contributed by atoms with E-state index in [0.717, 1.165) is 5.69 Å². The highest BCUT2D eigenvalue weighted by Crippen LogP contribution is 2.23. The Morgan fingerprint density at radius 1 is 1.36 bits per heavy atom. The first kappa shape index (κ1) is 9.00. The van der Waals surface area contributed by atoms with Crippen molar-refractivity contribution in [3.05, 3.63) is 54.0 Å². The molecule has 2 heterocycles. The molecule has 1 unspecified atom stereocenters. The molecule has 1 aromatic heterocycles. The zero-order chi connectivity index (χ0) is 10.0. The quantitative estimate of drug-likeness (QED) is 0.728. The average Bonchev–Trinajstić information content (AvgIpc) is 2.19. The number of aromatic nitrogens is 1. The van der Waals surface area contributed by atoms with Crippen molar-refractivity contribution in [2.75, 3.05) is 0 Å². The van der Waals surface area contributed by atoms with Crippen molar-refractivity contribution >= 4 is 0 Å². The van der Waals surface area contributed by atoms with E-state index in [1.165, 1.54) is 5.70 Å². The van der Waals surface area contributed by atoms with Crippen LogP contribution in [0.1, 0.15) is 19.5 Å². The summed E-state index contributed by atoms with van der Waals surface area (Å²) in [5, 5.41) is 3.42. The summed E-state index contributed by atoms with van der Waals surface area (Å²) in [6.07, 6.45) is 8.08. The van der Waals surface area contributed by atoms with Gasteiger partial charge in [-0.25, -0.2) is 0 Å². The summed E-state index contributed by atoms with van der Waals surface area (Å²) in [5.41, 5.74) is 2.05. The van der Waals surface area contributed by atoms with Gasteiger partial charge in [-0.3, -0.25) is 4.98 Å². The van der Waals surface area contributed by atoms with Gasteiger partial charge in [0.1, 0.15) is 0 Å². The Bertz CT molecular complexity index is 379. The molecular formula is C12H14N2. The van der Waals surface area contributed by atoms with Crippen LogP contribution in [0.4, 0.5) is 0 Å². The van der Waals surface area contributed by atoms with Gasteiger partial charge in [0.25, 0.3) is 0 Å². The van der Waals surface area contributed by atoms with E-state index >= 15 is 0 Å². The zero-order valence-electron chi connectivity index (χ0n) is 8.49. The number of nitrogens with one attached hydrogen (secondary N) is 1. The maximum absolute atomic E-state index is 4.37. The molecule has 0 radical (unpaired) electrons. The van der Waals surface area contributed by atoms with Crippen LogP contribution < -0.4 is 5.32 Å². The van der Waals surface area contributed by atoms with E-state index in [2.05, 4.69) is 42.4 Å². The van der Waals surface area contributed by atoms with Gasteiger partial charge < -0.3 is 5.32 Å². The summed E-state index contributed by atoms with van der Waals surface area (Å²) in [6.45, 7) is 4.19. The lowest BCUT2D eigenvalue weighted by Crippen LogP contribution is -2.38.